The summed E-state index contributed by atoms with van der Waals surface area (Å²) >= 11 is 0. The number of hydrogen-bond acceptors (Lipinski definition) is 4. The first-order chi connectivity index (χ1) is 25.9. The van der Waals surface area contributed by atoms with Crippen LogP contribution in [0.2, 0.25) is 0 Å². The lowest BCUT2D eigenvalue weighted by molar-refractivity contribution is 0.381. The molecule has 5 aromatic carbocycles. The zero-order valence-electron chi connectivity index (χ0n) is 26.6. The Morgan fingerprint density at radius 3 is 1.02 bits per heavy atom. The molecule has 0 saturated heterocycles. The maximum atomic E-state index is 14.6. The van der Waals surface area contributed by atoms with Gasteiger partial charge in [0.05, 0.1) is 11.1 Å². The molecule has 54 heavy (non-hydrogen) atoms. The molecule has 9 rings (SSSR count). The van der Waals surface area contributed by atoms with Crippen molar-refractivity contribution in [3.63, 3.8) is 0 Å². The van der Waals surface area contributed by atoms with Gasteiger partial charge in [-0.25, -0.2) is 43.9 Å². The molecular formula is C40H14F10N2O2. The maximum Gasteiger partial charge on any atom is 0.200 e. The highest BCUT2D eigenvalue weighted by atomic mass is 19.2. The van der Waals surface area contributed by atoms with Gasteiger partial charge in [0.2, 0.25) is 11.6 Å². The SMILES string of the molecule is Fc1c(F)c(F)c(-c2ccc3oc4c(-c5ccc(-c6ccnc7c6oc6ccc(-c8c(F)c(F)c(F)c(F)c8F)cc67)cc5)ccnc4c3c2)c(F)c1F. The second kappa shape index (κ2) is 11.9. The predicted octanol–water partition coefficient (Wildman–Crippen LogP) is 12.3. The lowest BCUT2D eigenvalue weighted by atomic mass is 9.99. The lowest BCUT2D eigenvalue weighted by Crippen LogP contribution is -2.03. The van der Waals surface area contributed by atoms with Crippen LogP contribution in [-0.2, 0) is 0 Å². The van der Waals surface area contributed by atoms with Crippen LogP contribution in [-0.4, -0.2) is 9.97 Å². The van der Waals surface area contributed by atoms with Crippen LogP contribution in [0.15, 0.2) is 94.0 Å². The minimum Gasteiger partial charge on any atom is -0.454 e. The van der Waals surface area contributed by atoms with Gasteiger partial charge in [0, 0.05) is 34.3 Å². The van der Waals surface area contributed by atoms with Gasteiger partial charge in [-0.3, -0.25) is 9.97 Å². The summed E-state index contributed by atoms with van der Waals surface area (Å²) in [6.07, 6.45) is 2.93. The number of aromatic nitrogens is 2. The fourth-order valence-corrected chi connectivity index (χ4v) is 6.63. The lowest BCUT2D eigenvalue weighted by Gasteiger charge is -2.08. The Labute approximate surface area is 294 Å². The Hall–Kier alpha value is -6.70. The highest BCUT2D eigenvalue weighted by molar-refractivity contribution is 6.10. The van der Waals surface area contributed by atoms with Gasteiger partial charge in [0.1, 0.15) is 22.2 Å². The molecule has 4 heterocycles. The zero-order chi connectivity index (χ0) is 37.7. The number of rotatable bonds is 4. The average Bonchev–Trinajstić information content (AvgIpc) is 3.76. The van der Waals surface area contributed by atoms with E-state index < -0.39 is 69.3 Å². The molecule has 0 aliphatic carbocycles. The number of hydrogen-bond donors (Lipinski definition) is 0. The molecule has 266 valence electrons. The molecule has 4 aromatic heterocycles. The van der Waals surface area contributed by atoms with E-state index in [1.54, 1.807) is 36.4 Å². The highest BCUT2D eigenvalue weighted by Gasteiger charge is 2.29. The van der Waals surface area contributed by atoms with E-state index in [-0.39, 0.29) is 55.3 Å². The molecule has 0 spiro atoms. The molecule has 0 saturated carbocycles. The molecule has 0 bridgehead atoms. The van der Waals surface area contributed by atoms with Gasteiger partial charge >= 0.3 is 0 Å². The van der Waals surface area contributed by atoms with Gasteiger partial charge in [0.25, 0.3) is 0 Å². The fourth-order valence-electron chi connectivity index (χ4n) is 6.63. The van der Waals surface area contributed by atoms with Crippen molar-refractivity contribution in [1.29, 1.82) is 0 Å². The number of nitrogens with zero attached hydrogens (tertiary/aromatic N) is 2. The third-order valence-electron chi connectivity index (χ3n) is 9.21. The monoisotopic (exact) mass is 744 g/mol. The summed E-state index contributed by atoms with van der Waals surface area (Å²) in [7, 11) is 0. The first-order valence-electron chi connectivity index (χ1n) is 15.7. The van der Waals surface area contributed by atoms with E-state index in [1.165, 1.54) is 48.8 Å². The van der Waals surface area contributed by atoms with Gasteiger partial charge in [-0.1, -0.05) is 36.4 Å². The molecule has 4 nitrogen and oxygen atoms in total. The molecular weight excluding hydrogens is 730 g/mol. The maximum absolute atomic E-state index is 14.6. The number of pyridine rings is 2. The highest BCUT2D eigenvalue weighted by Crippen LogP contribution is 2.41. The molecule has 0 amide bonds. The van der Waals surface area contributed by atoms with Crippen molar-refractivity contribution < 1.29 is 52.7 Å². The van der Waals surface area contributed by atoms with Gasteiger partial charge in [-0.2, -0.15) is 0 Å². The summed E-state index contributed by atoms with van der Waals surface area (Å²) in [5.41, 5.74) is 1.23. The van der Waals surface area contributed by atoms with Crippen molar-refractivity contribution in [2.75, 3.05) is 0 Å². The smallest absolute Gasteiger partial charge is 0.200 e. The van der Waals surface area contributed by atoms with E-state index in [9.17, 15) is 43.9 Å². The molecule has 0 N–H and O–H groups in total. The number of benzene rings is 5. The minimum atomic E-state index is -2.27. The normalized spacial score (nSPS) is 11.9. The van der Waals surface area contributed by atoms with Crippen molar-refractivity contribution >= 4 is 44.1 Å². The average molecular weight is 745 g/mol. The van der Waals surface area contributed by atoms with Crippen LogP contribution in [0.3, 0.4) is 0 Å². The third kappa shape index (κ3) is 4.72. The Balaban J connectivity index is 1.10. The molecule has 0 aliphatic heterocycles. The summed E-state index contributed by atoms with van der Waals surface area (Å²) in [6.45, 7) is 0. The number of fused-ring (bicyclic) bond motifs is 6. The minimum absolute atomic E-state index is 0.238. The van der Waals surface area contributed by atoms with Crippen LogP contribution >= 0.6 is 0 Å². The molecule has 0 radical (unpaired) electrons. The first kappa shape index (κ1) is 33.2. The van der Waals surface area contributed by atoms with Gasteiger partial charge in [0.15, 0.2) is 57.7 Å². The summed E-state index contributed by atoms with van der Waals surface area (Å²) < 4.78 is 154. The van der Waals surface area contributed by atoms with E-state index in [0.717, 1.165) is 0 Å². The van der Waals surface area contributed by atoms with Crippen molar-refractivity contribution in [3.05, 3.63) is 143 Å². The zero-order valence-corrected chi connectivity index (χ0v) is 26.6. The number of halogens is 10. The Kier molecular flexibility index (Phi) is 7.32. The van der Waals surface area contributed by atoms with Gasteiger partial charge in [-0.15, -0.1) is 0 Å². The first-order valence-corrected chi connectivity index (χ1v) is 15.7. The van der Waals surface area contributed by atoms with Crippen molar-refractivity contribution in [3.8, 4) is 44.5 Å². The van der Waals surface area contributed by atoms with Crippen LogP contribution < -0.4 is 0 Å². The van der Waals surface area contributed by atoms with Crippen LogP contribution in [0.5, 0.6) is 0 Å². The van der Waals surface area contributed by atoms with Crippen molar-refractivity contribution in [1.82, 2.24) is 9.97 Å². The van der Waals surface area contributed by atoms with E-state index in [4.69, 9.17) is 8.83 Å². The Bertz CT molecular complexity index is 2800. The molecule has 9 aromatic rings. The van der Waals surface area contributed by atoms with E-state index >= 15 is 0 Å². The summed E-state index contributed by atoms with van der Waals surface area (Å²) in [6, 6.07) is 17.8. The second-order valence-electron chi connectivity index (χ2n) is 12.2. The fraction of sp³-hybridized carbons (Fsp3) is 0. The number of furan rings is 2. The van der Waals surface area contributed by atoms with Crippen molar-refractivity contribution in [2.24, 2.45) is 0 Å². The molecule has 14 heteroatoms. The molecule has 0 atom stereocenters. The topological polar surface area (TPSA) is 52.1 Å². The van der Waals surface area contributed by atoms with Crippen molar-refractivity contribution in [2.45, 2.75) is 0 Å². The standard InChI is InChI=1S/C40H14F10N2O2/c41-27-25(28(42)32(46)35(49)31(27)45)17-5-7-23-21(13-17)37-39(53-23)19(9-11-51-37)15-1-2-16(4-3-15)20-10-12-52-38-22-14-18(6-8-24(22)54-40(20)38)26-29(43)33(47)36(50)34(48)30(26)44/h1-14H. The Morgan fingerprint density at radius 2 is 0.667 bits per heavy atom. The predicted molar refractivity (Wildman–Crippen MR) is 178 cm³/mol. The van der Waals surface area contributed by atoms with Crippen LogP contribution in [0, 0.1) is 58.2 Å². The quantitative estimate of drug-likeness (QED) is 0.102. The van der Waals surface area contributed by atoms with Crippen LogP contribution in [0.4, 0.5) is 43.9 Å². The summed E-state index contributed by atoms with van der Waals surface area (Å²) in [4.78, 5) is 8.70. The van der Waals surface area contributed by atoms with Crippen LogP contribution in [0.1, 0.15) is 0 Å². The summed E-state index contributed by atoms with van der Waals surface area (Å²) in [5, 5.41) is 0.523. The van der Waals surface area contributed by atoms with E-state index in [2.05, 4.69) is 9.97 Å². The Morgan fingerprint density at radius 1 is 0.352 bits per heavy atom. The van der Waals surface area contributed by atoms with Gasteiger partial charge in [-0.05, 0) is 58.7 Å². The third-order valence-corrected chi connectivity index (χ3v) is 9.21. The second-order valence-corrected chi connectivity index (χ2v) is 12.2. The molecule has 0 aliphatic rings. The van der Waals surface area contributed by atoms with E-state index in [1.807, 2.05) is 0 Å². The largest absolute Gasteiger partial charge is 0.454 e. The molecule has 0 unspecified atom stereocenters. The van der Waals surface area contributed by atoms with E-state index in [0.29, 0.717) is 22.3 Å². The van der Waals surface area contributed by atoms with Crippen LogP contribution in [0.25, 0.3) is 88.6 Å². The van der Waals surface area contributed by atoms with Gasteiger partial charge < -0.3 is 8.83 Å². The molecule has 0 fully saturated rings. The summed E-state index contributed by atoms with van der Waals surface area (Å²) in [5.74, 6) is -20.7.